The third-order valence-corrected chi connectivity index (χ3v) is 5.20. The van der Waals surface area contributed by atoms with E-state index in [0.717, 1.165) is 16.7 Å². The molecule has 6 heteroatoms. The molecule has 0 aliphatic rings. The number of amides is 1. The highest BCUT2D eigenvalue weighted by Gasteiger charge is 2.13. The summed E-state index contributed by atoms with van der Waals surface area (Å²) >= 11 is 6.18. The number of ether oxygens (including phenoxy) is 2. The zero-order valence-corrected chi connectivity index (χ0v) is 18.9. The van der Waals surface area contributed by atoms with Crippen LogP contribution in [-0.2, 0) is 11.4 Å². The Labute approximate surface area is 192 Å². The van der Waals surface area contributed by atoms with Gasteiger partial charge in [-0.15, -0.1) is 0 Å². The standard InChI is InChI=1S/C26H23ClN2O3/c1-17-8-10-23(18(2)12-17)29-26(30)21(15-28)13-19-9-11-24(25(14-19)31-3)32-16-20-6-4-5-7-22(20)27/h4-14H,16H2,1-3H3,(H,29,30)/b21-13-. The lowest BCUT2D eigenvalue weighted by atomic mass is 10.1. The SMILES string of the molecule is COc1cc(/C=C(/C#N)C(=O)Nc2ccc(C)cc2C)ccc1OCc1ccccc1Cl. The number of hydrogen-bond donors (Lipinski definition) is 1. The number of halogens is 1. The fourth-order valence-electron chi connectivity index (χ4n) is 3.12. The number of aryl methyl sites for hydroxylation is 2. The lowest BCUT2D eigenvalue weighted by molar-refractivity contribution is -0.112. The number of nitriles is 1. The Morgan fingerprint density at radius 2 is 1.88 bits per heavy atom. The summed E-state index contributed by atoms with van der Waals surface area (Å²) < 4.78 is 11.3. The van der Waals surface area contributed by atoms with Gasteiger partial charge in [-0.2, -0.15) is 5.26 Å². The second kappa shape index (κ2) is 10.5. The Kier molecular flexibility index (Phi) is 7.54. The average Bonchev–Trinajstić information content (AvgIpc) is 2.79. The van der Waals surface area contributed by atoms with Gasteiger partial charge in [-0.1, -0.05) is 53.6 Å². The minimum absolute atomic E-state index is 0.0169. The largest absolute Gasteiger partial charge is 0.493 e. The molecular formula is C26H23ClN2O3. The average molecular weight is 447 g/mol. The van der Waals surface area contributed by atoms with Gasteiger partial charge in [0.15, 0.2) is 11.5 Å². The number of nitrogens with zero attached hydrogens (tertiary/aromatic N) is 1. The molecule has 0 aliphatic carbocycles. The quantitative estimate of drug-likeness (QED) is 0.352. The summed E-state index contributed by atoms with van der Waals surface area (Å²) in [6, 6.07) is 20.3. The van der Waals surface area contributed by atoms with Crippen molar-refractivity contribution in [3.05, 3.63) is 93.5 Å². The van der Waals surface area contributed by atoms with E-state index in [4.69, 9.17) is 21.1 Å². The van der Waals surface area contributed by atoms with Crippen LogP contribution >= 0.6 is 11.6 Å². The molecule has 0 unspecified atom stereocenters. The topological polar surface area (TPSA) is 71.3 Å². The van der Waals surface area contributed by atoms with E-state index in [1.165, 1.54) is 13.2 Å². The van der Waals surface area contributed by atoms with Crippen molar-refractivity contribution < 1.29 is 14.3 Å². The summed E-state index contributed by atoms with van der Waals surface area (Å²) in [4.78, 5) is 12.6. The van der Waals surface area contributed by atoms with Crippen LogP contribution in [0.5, 0.6) is 11.5 Å². The van der Waals surface area contributed by atoms with Crippen molar-refractivity contribution in [2.45, 2.75) is 20.5 Å². The van der Waals surface area contributed by atoms with Gasteiger partial charge >= 0.3 is 0 Å². The van der Waals surface area contributed by atoms with Crippen LogP contribution in [0, 0.1) is 25.2 Å². The molecule has 1 N–H and O–H groups in total. The van der Waals surface area contributed by atoms with Gasteiger partial charge in [0.05, 0.1) is 7.11 Å². The van der Waals surface area contributed by atoms with Crippen LogP contribution in [0.15, 0.2) is 66.2 Å². The van der Waals surface area contributed by atoms with Gasteiger partial charge < -0.3 is 14.8 Å². The molecule has 1 amide bonds. The zero-order chi connectivity index (χ0) is 23.1. The first-order valence-electron chi connectivity index (χ1n) is 9.96. The Balaban J connectivity index is 1.77. The molecule has 162 valence electrons. The molecule has 3 rings (SSSR count). The number of nitrogens with one attached hydrogen (secondary N) is 1. The van der Waals surface area contributed by atoms with Crippen molar-refractivity contribution in [1.82, 2.24) is 0 Å². The Hall–Kier alpha value is -3.75. The summed E-state index contributed by atoms with van der Waals surface area (Å²) in [7, 11) is 1.53. The normalized spacial score (nSPS) is 10.9. The second-order valence-corrected chi connectivity index (χ2v) is 7.64. The zero-order valence-electron chi connectivity index (χ0n) is 18.1. The van der Waals surface area contributed by atoms with Crippen molar-refractivity contribution in [1.29, 1.82) is 5.26 Å². The highest BCUT2D eigenvalue weighted by atomic mass is 35.5. The van der Waals surface area contributed by atoms with Crippen LogP contribution in [0.25, 0.3) is 6.08 Å². The molecule has 0 saturated carbocycles. The molecule has 0 aromatic heterocycles. The molecule has 5 nitrogen and oxygen atoms in total. The molecule has 32 heavy (non-hydrogen) atoms. The van der Waals surface area contributed by atoms with Crippen LogP contribution in [0.2, 0.25) is 5.02 Å². The van der Waals surface area contributed by atoms with Crippen molar-refractivity contribution in [2.75, 3.05) is 12.4 Å². The molecular weight excluding hydrogens is 424 g/mol. The number of carbonyl (C=O) groups is 1. The van der Waals surface area contributed by atoms with Gasteiger partial charge in [-0.3, -0.25) is 4.79 Å². The first kappa shape index (κ1) is 22.9. The minimum atomic E-state index is -0.475. The Morgan fingerprint density at radius 1 is 1.09 bits per heavy atom. The highest BCUT2D eigenvalue weighted by Crippen LogP contribution is 2.30. The summed E-state index contributed by atoms with van der Waals surface area (Å²) in [6.45, 7) is 4.17. The van der Waals surface area contributed by atoms with Gasteiger partial charge in [-0.25, -0.2) is 0 Å². The van der Waals surface area contributed by atoms with Crippen LogP contribution in [0.3, 0.4) is 0 Å². The van der Waals surface area contributed by atoms with E-state index in [0.29, 0.717) is 27.8 Å². The van der Waals surface area contributed by atoms with E-state index < -0.39 is 5.91 Å². The summed E-state index contributed by atoms with van der Waals surface area (Å²) in [5, 5.41) is 12.9. The van der Waals surface area contributed by atoms with Crippen LogP contribution in [-0.4, -0.2) is 13.0 Å². The summed E-state index contributed by atoms with van der Waals surface area (Å²) in [5.41, 5.74) is 4.17. The van der Waals surface area contributed by atoms with Crippen LogP contribution in [0.1, 0.15) is 22.3 Å². The molecule has 0 heterocycles. The van der Waals surface area contributed by atoms with E-state index in [2.05, 4.69) is 5.32 Å². The maximum absolute atomic E-state index is 12.6. The van der Waals surface area contributed by atoms with Crippen molar-refractivity contribution in [2.24, 2.45) is 0 Å². The maximum atomic E-state index is 12.6. The van der Waals surface area contributed by atoms with Crippen molar-refractivity contribution >= 4 is 29.3 Å². The molecule has 0 fully saturated rings. The van der Waals surface area contributed by atoms with E-state index in [-0.39, 0.29) is 12.2 Å². The molecule has 0 atom stereocenters. The predicted molar refractivity (Wildman–Crippen MR) is 127 cm³/mol. The van der Waals surface area contributed by atoms with Crippen LogP contribution in [0.4, 0.5) is 5.69 Å². The smallest absolute Gasteiger partial charge is 0.266 e. The number of methoxy groups -OCH3 is 1. The fraction of sp³-hybridized carbons (Fsp3) is 0.154. The number of benzene rings is 3. The predicted octanol–water partition coefficient (Wildman–Crippen LogP) is 6.09. The maximum Gasteiger partial charge on any atom is 0.266 e. The van der Waals surface area contributed by atoms with Crippen molar-refractivity contribution in [3.8, 4) is 17.6 Å². The van der Waals surface area contributed by atoms with Gasteiger partial charge in [-0.05, 0) is 55.3 Å². The second-order valence-electron chi connectivity index (χ2n) is 7.23. The number of hydrogen-bond acceptors (Lipinski definition) is 4. The number of rotatable bonds is 7. The van der Waals surface area contributed by atoms with Gasteiger partial charge in [0.2, 0.25) is 0 Å². The Bertz CT molecular complexity index is 1210. The number of carbonyl (C=O) groups excluding carboxylic acids is 1. The molecule has 0 bridgehead atoms. The van der Waals surface area contributed by atoms with E-state index in [9.17, 15) is 10.1 Å². The monoisotopic (exact) mass is 446 g/mol. The third-order valence-electron chi connectivity index (χ3n) is 4.83. The van der Waals surface area contributed by atoms with E-state index in [1.807, 2.05) is 56.3 Å². The number of anilines is 1. The van der Waals surface area contributed by atoms with Gasteiger partial charge in [0.25, 0.3) is 5.91 Å². The van der Waals surface area contributed by atoms with Gasteiger partial charge in [0.1, 0.15) is 18.2 Å². The molecule has 0 aliphatic heterocycles. The highest BCUT2D eigenvalue weighted by molar-refractivity contribution is 6.31. The van der Waals surface area contributed by atoms with E-state index >= 15 is 0 Å². The lowest BCUT2D eigenvalue weighted by Gasteiger charge is -2.12. The molecule has 3 aromatic carbocycles. The summed E-state index contributed by atoms with van der Waals surface area (Å²) in [6.07, 6.45) is 1.51. The lowest BCUT2D eigenvalue weighted by Crippen LogP contribution is -2.14. The van der Waals surface area contributed by atoms with Gasteiger partial charge in [0, 0.05) is 16.3 Å². The minimum Gasteiger partial charge on any atom is -0.493 e. The Morgan fingerprint density at radius 3 is 2.56 bits per heavy atom. The van der Waals surface area contributed by atoms with E-state index in [1.54, 1.807) is 24.3 Å². The molecule has 0 spiro atoms. The first-order chi connectivity index (χ1) is 15.4. The van der Waals surface area contributed by atoms with Crippen LogP contribution < -0.4 is 14.8 Å². The molecule has 3 aromatic rings. The third kappa shape index (κ3) is 5.69. The first-order valence-corrected chi connectivity index (χ1v) is 10.3. The fourth-order valence-corrected chi connectivity index (χ4v) is 3.31. The summed E-state index contributed by atoms with van der Waals surface area (Å²) in [5.74, 6) is 0.540. The molecule has 0 saturated heterocycles. The molecule has 0 radical (unpaired) electrons. The van der Waals surface area contributed by atoms with Crippen molar-refractivity contribution in [3.63, 3.8) is 0 Å².